The number of benzene rings is 2. The lowest BCUT2D eigenvalue weighted by atomic mass is 10.2. The Labute approximate surface area is 111 Å². The number of hydrogen-bond donors (Lipinski definition) is 2. The lowest BCUT2D eigenvalue weighted by molar-refractivity contribution is 0.623. The highest BCUT2D eigenvalue weighted by molar-refractivity contribution is 9.10. The van der Waals surface area contributed by atoms with Crippen molar-refractivity contribution >= 4 is 32.7 Å². The Morgan fingerprint density at radius 3 is 2.61 bits per heavy atom. The Morgan fingerprint density at radius 1 is 1.17 bits per heavy atom. The highest BCUT2D eigenvalue weighted by atomic mass is 79.9. The molecular weight excluding hydrogens is 297 g/mol. The van der Waals surface area contributed by atoms with E-state index < -0.39 is 0 Å². The number of halogens is 2. The smallest absolute Gasteiger partial charge is 0.139 e. The topological polar surface area (TPSA) is 54.7 Å². The maximum Gasteiger partial charge on any atom is 0.139 e. The first kappa shape index (κ1) is 11.2. The van der Waals surface area contributed by atoms with Crippen LogP contribution < -0.4 is 5.73 Å². The van der Waals surface area contributed by atoms with Gasteiger partial charge in [-0.05, 0) is 46.3 Å². The normalized spacial score (nSPS) is 11.0. The Bertz CT molecular complexity index is 680. The van der Waals surface area contributed by atoms with Crippen LogP contribution in [0.1, 0.15) is 0 Å². The fourth-order valence-corrected chi connectivity index (χ4v) is 2.11. The average molecular weight is 306 g/mol. The summed E-state index contributed by atoms with van der Waals surface area (Å²) in [6.45, 7) is 0. The minimum atomic E-state index is -0.310. The summed E-state index contributed by atoms with van der Waals surface area (Å²) in [5.74, 6) is 0.387. The molecule has 0 atom stereocenters. The zero-order valence-electron chi connectivity index (χ0n) is 9.24. The van der Waals surface area contributed by atoms with Crippen LogP contribution >= 0.6 is 15.9 Å². The molecule has 1 aromatic heterocycles. The summed E-state index contributed by atoms with van der Waals surface area (Å²) in [6, 6.07) is 10.4. The number of nitrogens with two attached hydrogens (primary N) is 1. The van der Waals surface area contributed by atoms with Gasteiger partial charge in [0, 0.05) is 17.3 Å². The van der Waals surface area contributed by atoms with Crippen molar-refractivity contribution in [3.05, 3.63) is 46.7 Å². The second kappa shape index (κ2) is 4.10. The number of nitrogens with one attached hydrogen (secondary N) is 1. The minimum Gasteiger partial charge on any atom is -0.399 e. The highest BCUT2D eigenvalue weighted by Gasteiger charge is 2.08. The van der Waals surface area contributed by atoms with Crippen LogP contribution in [0, 0.1) is 5.82 Å². The fraction of sp³-hybridized carbons (Fsp3) is 0. The van der Waals surface area contributed by atoms with Crippen LogP contribution in [-0.4, -0.2) is 9.97 Å². The van der Waals surface area contributed by atoms with Crippen molar-refractivity contribution in [1.29, 1.82) is 0 Å². The van der Waals surface area contributed by atoms with E-state index in [0.717, 1.165) is 11.1 Å². The van der Waals surface area contributed by atoms with Gasteiger partial charge < -0.3 is 10.7 Å². The molecule has 0 bridgehead atoms. The lowest BCUT2D eigenvalue weighted by Gasteiger charge is -1.96. The maximum absolute atomic E-state index is 13.4. The number of aromatic amines is 1. The van der Waals surface area contributed by atoms with Crippen molar-refractivity contribution in [3.8, 4) is 11.4 Å². The number of hydrogen-bond acceptors (Lipinski definition) is 2. The van der Waals surface area contributed by atoms with Crippen LogP contribution in [0.5, 0.6) is 0 Å². The van der Waals surface area contributed by atoms with Crippen LogP contribution in [0.3, 0.4) is 0 Å². The monoisotopic (exact) mass is 305 g/mol. The highest BCUT2D eigenvalue weighted by Crippen LogP contribution is 2.25. The molecular formula is C13H9BrFN3. The molecule has 0 aliphatic carbocycles. The molecule has 0 spiro atoms. The number of H-pyrrole nitrogens is 1. The van der Waals surface area contributed by atoms with Gasteiger partial charge in [0.2, 0.25) is 0 Å². The molecule has 1 heterocycles. The summed E-state index contributed by atoms with van der Waals surface area (Å²) in [6.07, 6.45) is 0. The third-order valence-corrected chi connectivity index (χ3v) is 3.32. The van der Waals surface area contributed by atoms with Crippen LogP contribution in [0.2, 0.25) is 0 Å². The summed E-state index contributed by atoms with van der Waals surface area (Å²) in [5.41, 5.74) is 8.63. The molecule has 3 rings (SSSR count). The number of aromatic nitrogens is 2. The molecule has 3 aromatic rings. The van der Waals surface area contributed by atoms with E-state index in [1.165, 1.54) is 6.07 Å². The Balaban J connectivity index is 2.16. The molecule has 18 heavy (non-hydrogen) atoms. The van der Waals surface area contributed by atoms with E-state index in [1.807, 2.05) is 12.1 Å². The zero-order chi connectivity index (χ0) is 12.7. The third-order valence-electron chi connectivity index (χ3n) is 2.71. The Kier molecular flexibility index (Phi) is 2.56. The van der Waals surface area contributed by atoms with Crippen molar-refractivity contribution in [2.75, 3.05) is 5.73 Å². The van der Waals surface area contributed by atoms with Gasteiger partial charge in [-0.15, -0.1) is 0 Å². The van der Waals surface area contributed by atoms with E-state index in [-0.39, 0.29) is 5.82 Å². The van der Waals surface area contributed by atoms with Crippen molar-refractivity contribution in [3.63, 3.8) is 0 Å². The van der Waals surface area contributed by atoms with E-state index >= 15 is 0 Å². The minimum absolute atomic E-state index is 0.310. The zero-order valence-corrected chi connectivity index (χ0v) is 10.8. The third kappa shape index (κ3) is 1.86. The lowest BCUT2D eigenvalue weighted by Crippen LogP contribution is -1.84. The summed E-state index contributed by atoms with van der Waals surface area (Å²) in [7, 11) is 0. The number of imidazole rings is 1. The predicted molar refractivity (Wildman–Crippen MR) is 73.6 cm³/mol. The largest absolute Gasteiger partial charge is 0.399 e. The first-order valence-corrected chi connectivity index (χ1v) is 6.13. The summed E-state index contributed by atoms with van der Waals surface area (Å²) in [5, 5.41) is 0. The molecule has 0 radical (unpaired) electrons. The number of nitrogen functional groups attached to an aromatic ring is 1. The molecule has 5 heteroatoms. The van der Waals surface area contributed by atoms with Crippen LogP contribution in [0.25, 0.3) is 22.4 Å². The molecule has 3 N–H and O–H groups in total. The van der Waals surface area contributed by atoms with Gasteiger partial charge >= 0.3 is 0 Å². The van der Waals surface area contributed by atoms with Gasteiger partial charge in [0.1, 0.15) is 11.6 Å². The summed E-state index contributed by atoms with van der Waals surface area (Å²) >= 11 is 3.15. The van der Waals surface area contributed by atoms with Crippen molar-refractivity contribution < 1.29 is 4.39 Å². The molecule has 0 amide bonds. The molecule has 0 fully saturated rings. The van der Waals surface area contributed by atoms with Crippen molar-refractivity contribution in [1.82, 2.24) is 9.97 Å². The first-order chi connectivity index (χ1) is 8.63. The molecule has 0 unspecified atom stereocenters. The fourth-order valence-electron chi connectivity index (χ4n) is 1.78. The van der Waals surface area contributed by atoms with Gasteiger partial charge in [0.25, 0.3) is 0 Å². The van der Waals surface area contributed by atoms with Gasteiger partial charge in [-0.3, -0.25) is 0 Å². The quantitative estimate of drug-likeness (QED) is 0.673. The van der Waals surface area contributed by atoms with E-state index in [0.29, 0.717) is 21.5 Å². The van der Waals surface area contributed by atoms with Gasteiger partial charge in [-0.25, -0.2) is 9.37 Å². The van der Waals surface area contributed by atoms with Crippen molar-refractivity contribution in [2.24, 2.45) is 0 Å². The van der Waals surface area contributed by atoms with E-state index in [4.69, 9.17) is 5.73 Å². The number of rotatable bonds is 1. The predicted octanol–water partition coefficient (Wildman–Crippen LogP) is 3.71. The standard InChI is InChI=1S/C13H9BrFN3/c14-9-5-11-12(6-10(9)15)18-13(17-11)7-1-3-8(16)4-2-7/h1-6H,16H2,(H,17,18). The molecule has 3 nitrogen and oxygen atoms in total. The van der Waals surface area contributed by atoms with Crippen LogP contribution in [-0.2, 0) is 0 Å². The Morgan fingerprint density at radius 2 is 1.89 bits per heavy atom. The van der Waals surface area contributed by atoms with E-state index in [9.17, 15) is 4.39 Å². The average Bonchev–Trinajstić information content (AvgIpc) is 2.73. The van der Waals surface area contributed by atoms with Gasteiger partial charge in [0.15, 0.2) is 0 Å². The Hall–Kier alpha value is -1.88. The SMILES string of the molecule is Nc1ccc(-c2nc3cc(Br)c(F)cc3[nH]2)cc1. The molecule has 0 aliphatic heterocycles. The van der Waals surface area contributed by atoms with E-state index in [1.54, 1.807) is 18.2 Å². The molecule has 0 saturated heterocycles. The van der Waals surface area contributed by atoms with Crippen LogP contribution in [0.15, 0.2) is 40.9 Å². The summed E-state index contributed by atoms with van der Waals surface area (Å²) < 4.78 is 13.8. The number of nitrogens with zero attached hydrogens (tertiary/aromatic N) is 1. The van der Waals surface area contributed by atoms with Crippen LogP contribution in [0.4, 0.5) is 10.1 Å². The molecule has 90 valence electrons. The maximum atomic E-state index is 13.4. The molecule has 0 saturated carbocycles. The first-order valence-electron chi connectivity index (χ1n) is 5.34. The van der Waals surface area contributed by atoms with Gasteiger partial charge in [0.05, 0.1) is 15.5 Å². The second-order valence-corrected chi connectivity index (χ2v) is 4.85. The number of anilines is 1. The van der Waals surface area contributed by atoms with Crippen molar-refractivity contribution in [2.45, 2.75) is 0 Å². The second-order valence-electron chi connectivity index (χ2n) is 3.99. The summed E-state index contributed by atoms with van der Waals surface area (Å²) in [4.78, 5) is 7.51. The van der Waals surface area contributed by atoms with E-state index in [2.05, 4.69) is 25.9 Å². The molecule has 0 aliphatic rings. The number of fused-ring (bicyclic) bond motifs is 1. The molecule has 2 aromatic carbocycles. The van der Waals surface area contributed by atoms with Gasteiger partial charge in [-0.2, -0.15) is 0 Å². The van der Waals surface area contributed by atoms with Gasteiger partial charge in [-0.1, -0.05) is 0 Å².